The van der Waals surface area contributed by atoms with E-state index in [0.29, 0.717) is 28.1 Å². The molecule has 0 radical (unpaired) electrons. The summed E-state index contributed by atoms with van der Waals surface area (Å²) in [6.45, 7) is 1.77. The smallest absolute Gasteiger partial charge is 0.261 e. The number of benzene rings is 1. The molecule has 2 amide bonds. The number of aliphatic imine (C=N–C) groups is 1. The van der Waals surface area contributed by atoms with Gasteiger partial charge in [-0.25, -0.2) is 4.98 Å². The van der Waals surface area contributed by atoms with Crippen LogP contribution in [0, 0.1) is 6.92 Å². The van der Waals surface area contributed by atoms with Crippen molar-refractivity contribution in [1.29, 1.82) is 0 Å². The molecule has 6 rings (SSSR count). The first kappa shape index (κ1) is 17.4. The lowest BCUT2D eigenvalue weighted by molar-refractivity contribution is -0.123. The summed E-state index contributed by atoms with van der Waals surface area (Å²) in [5.74, 6) is -0.898. The Balaban J connectivity index is 1.71. The maximum Gasteiger partial charge on any atom is 0.261 e. The van der Waals surface area contributed by atoms with Crippen molar-refractivity contribution in [2.24, 2.45) is 4.99 Å². The fourth-order valence-electron chi connectivity index (χ4n) is 4.36. The molecule has 0 saturated heterocycles. The van der Waals surface area contributed by atoms with Crippen molar-refractivity contribution in [2.75, 3.05) is 0 Å². The number of carbonyl (C=O) groups is 2. The minimum Gasteiger partial charge on any atom is -0.505 e. The molecule has 0 saturated carbocycles. The number of hydrogen-bond acceptors (Lipinski definition) is 5. The van der Waals surface area contributed by atoms with Gasteiger partial charge in [0.2, 0.25) is 0 Å². The van der Waals surface area contributed by atoms with Gasteiger partial charge in [0.05, 0.1) is 46.1 Å². The molecule has 0 spiro atoms. The molecule has 2 aliphatic rings. The maximum absolute atomic E-state index is 13.0. The van der Waals surface area contributed by atoms with Gasteiger partial charge in [0.1, 0.15) is 11.4 Å². The quantitative estimate of drug-likeness (QED) is 0.497. The van der Waals surface area contributed by atoms with Crippen LogP contribution < -0.4 is 5.32 Å². The zero-order valence-corrected chi connectivity index (χ0v) is 16.3. The van der Waals surface area contributed by atoms with Gasteiger partial charge in [-0.15, -0.1) is 0 Å². The van der Waals surface area contributed by atoms with E-state index in [0.717, 1.165) is 11.1 Å². The minimum atomic E-state index is -0.521. The highest BCUT2D eigenvalue weighted by atomic mass is 16.3. The second-order valence-corrected chi connectivity index (χ2v) is 7.41. The van der Waals surface area contributed by atoms with E-state index in [1.807, 2.05) is 36.4 Å². The van der Waals surface area contributed by atoms with E-state index in [9.17, 15) is 14.7 Å². The van der Waals surface area contributed by atoms with Crippen molar-refractivity contribution >= 4 is 45.8 Å². The zero-order valence-electron chi connectivity index (χ0n) is 16.3. The van der Waals surface area contributed by atoms with Crippen LogP contribution in [0.2, 0.25) is 0 Å². The van der Waals surface area contributed by atoms with Crippen LogP contribution in [0.1, 0.15) is 17.0 Å². The fourth-order valence-corrected chi connectivity index (χ4v) is 4.36. The lowest BCUT2D eigenvalue weighted by atomic mass is 10.0. The number of rotatable bonds is 2. The molecule has 0 aliphatic carbocycles. The van der Waals surface area contributed by atoms with E-state index in [4.69, 9.17) is 0 Å². The van der Waals surface area contributed by atoms with E-state index in [-0.39, 0.29) is 16.9 Å². The van der Waals surface area contributed by atoms with Crippen LogP contribution in [0.5, 0.6) is 5.75 Å². The number of fused-ring (bicyclic) bond motifs is 1. The first-order valence-electron chi connectivity index (χ1n) is 9.66. The summed E-state index contributed by atoms with van der Waals surface area (Å²) >= 11 is 0. The van der Waals surface area contributed by atoms with Crippen molar-refractivity contribution in [1.82, 2.24) is 19.3 Å². The topological polar surface area (TPSA) is 101 Å². The molecule has 2 N–H and O–H groups in total. The Bertz CT molecular complexity index is 1560. The number of pyridine rings is 1. The van der Waals surface area contributed by atoms with Gasteiger partial charge in [0.15, 0.2) is 0 Å². The molecule has 1 aromatic carbocycles. The summed E-state index contributed by atoms with van der Waals surface area (Å²) in [5.41, 5.74) is 4.05. The lowest BCUT2D eigenvalue weighted by Gasteiger charge is -2.13. The highest BCUT2D eigenvalue weighted by Gasteiger charge is 2.37. The van der Waals surface area contributed by atoms with Crippen molar-refractivity contribution in [3.63, 3.8) is 0 Å². The Morgan fingerprint density at radius 2 is 1.87 bits per heavy atom. The van der Waals surface area contributed by atoms with Crippen LogP contribution in [-0.4, -0.2) is 37.1 Å². The summed E-state index contributed by atoms with van der Waals surface area (Å²) in [6.07, 6.45) is 6.58. The van der Waals surface area contributed by atoms with Crippen molar-refractivity contribution in [2.45, 2.75) is 6.92 Å². The Morgan fingerprint density at radius 1 is 1.03 bits per heavy atom. The third-order valence-corrected chi connectivity index (χ3v) is 5.74. The van der Waals surface area contributed by atoms with Crippen LogP contribution in [-0.2, 0) is 9.59 Å². The first-order valence-corrected chi connectivity index (χ1v) is 9.66. The van der Waals surface area contributed by atoms with Crippen LogP contribution in [0.4, 0.5) is 0 Å². The number of nitrogens with one attached hydrogen (secondary N) is 1. The van der Waals surface area contributed by atoms with E-state index in [1.165, 1.54) is 0 Å². The molecule has 0 bridgehead atoms. The standard InChI is InChI=1S/C23H15N5O3/c1-12-21(29)14-6-4-5-13-9-24-10-16(28(12)20(13)14)19-18(22(30)26-23(19)31)15-11-25-17-7-2-3-8-27(15)17/h2-11,29H,1H3,(H,26,30,31). The summed E-state index contributed by atoms with van der Waals surface area (Å²) in [7, 11) is 0. The maximum atomic E-state index is 13.0. The second-order valence-electron chi connectivity index (χ2n) is 7.41. The number of imide groups is 1. The van der Waals surface area contributed by atoms with Crippen LogP contribution in [0.25, 0.3) is 27.8 Å². The SMILES string of the molecule is Cc1c(O)c2cccc3c2n1C(C1=C(c2cnc4ccccn24)C(=O)NC1=O)=CN=C3. The average molecular weight is 409 g/mol. The molecule has 4 aromatic rings. The van der Waals surface area contributed by atoms with Gasteiger partial charge in [-0.3, -0.25) is 24.3 Å². The molecular formula is C23H15N5O3. The highest BCUT2D eigenvalue weighted by Crippen LogP contribution is 2.40. The molecule has 8 heteroatoms. The summed E-state index contributed by atoms with van der Waals surface area (Å²) in [5, 5.41) is 13.8. The monoisotopic (exact) mass is 409 g/mol. The van der Waals surface area contributed by atoms with E-state index in [2.05, 4.69) is 15.3 Å². The van der Waals surface area contributed by atoms with Gasteiger partial charge in [-0.2, -0.15) is 0 Å². The number of nitrogens with zero attached hydrogens (tertiary/aromatic N) is 4. The predicted octanol–water partition coefficient (Wildman–Crippen LogP) is 2.64. The largest absolute Gasteiger partial charge is 0.505 e. The minimum absolute atomic E-state index is 0.125. The molecule has 3 aromatic heterocycles. The molecular weight excluding hydrogens is 394 g/mol. The Hall–Kier alpha value is -4.46. The van der Waals surface area contributed by atoms with Gasteiger partial charge in [-0.1, -0.05) is 18.2 Å². The molecule has 2 aliphatic heterocycles. The number of amides is 2. The number of hydrogen-bond donors (Lipinski definition) is 2. The molecule has 0 fully saturated rings. The Kier molecular flexibility index (Phi) is 3.38. The van der Waals surface area contributed by atoms with Gasteiger partial charge >= 0.3 is 0 Å². The Morgan fingerprint density at radius 3 is 2.74 bits per heavy atom. The second kappa shape index (κ2) is 6.02. The van der Waals surface area contributed by atoms with Crippen LogP contribution >= 0.6 is 0 Å². The molecule has 8 nitrogen and oxygen atoms in total. The van der Waals surface area contributed by atoms with E-state index in [1.54, 1.807) is 40.7 Å². The fraction of sp³-hybridized carbons (Fsp3) is 0.0435. The summed E-state index contributed by atoms with van der Waals surface area (Å²) in [6, 6.07) is 11.0. The van der Waals surface area contributed by atoms with Gasteiger partial charge in [0.25, 0.3) is 11.8 Å². The third kappa shape index (κ3) is 2.24. The van der Waals surface area contributed by atoms with Gasteiger partial charge in [0, 0.05) is 23.4 Å². The lowest BCUT2D eigenvalue weighted by Crippen LogP contribution is -2.23. The third-order valence-electron chi connectivity index (χ3n) is 5.74. The molecule has 0 atom stereocenters. The average Bonchev–Trinajstić information content (AvgIpc) is 3.33. The van der Waals surface area contributed by atoms with Crippen LogP contribution in [0.15, 0.2) is 65.6 Å². The number of para-hydroxylation sites is 1. The number of aromatic nitrogens is 3. The number of aromatic hydroxyl groups is 1. The van der Waals surface area contributed by atoms with Gasteiger partial charge < -0.3 is 9.67 Å². The Labute approximate surface area is 175 Å². The molecule has 31 heavy (non-hydrogen) atoms. The predicted molar refractivity (Wildman–Crippen MR) is 115 cm³/mol. The normalized spacial score (nSPS) is 15.7. The summed E-state index contributed by atoms with van der Waals surface area (Å²) < 4.78 is 3.54. The van der Waals surface area contributed by atoms with Crippen molar-refractivity contribution < 1.29 is 14.7 Å². The number of carbonyl (C=O) groups excluding carboxylic acids is 2. The summed E-state index contributed by atoms with van der Waals surface area (Å²) in [4.78, 5) is 34.6. The highest BCUT2D eigenvalue weighted by molar-refractivity contribution is 6.39. The molecule has 0 unspecified atom stereocenters. The van der Waals surface area contributed by atoms with E-state index < -0.39 is 11.8 Å². The van der Waals surface area contributed by atoms with Crippen molar-refractivity contribution in [3.8, 4) is 5.75 Å². The van der Waals surface area contributed by atoms with E-state index >= 15 is 0 Å². The number of imidazole rings is 1. The molecule has 150 valence electrons. The van der Waals surface area contributed by atoms with Crippen molar-refractivity contribution in [3.05, 3.63) is 77.5 Å². The zero-order chi connectivity index (χ0) is 21.3. The van der Waals surface area contributed by atoms with Gasteiger partial charge in [-0.05, 0) is 25.1 Å². The van der Waals surface area contributed by atoms with Crippen LogP contribution in [0.3, 0.4) is 0 Å². The molecule has 5 heterocycles. The first-order chi connectivity index (χ1) is 15.1.